The van der Waals surface area contributed by atoms with Gasteiger partial charge in [-0.15, -0.1) is 0 Å². The van der Waals surface area contributed by atoms with E-state index in [0.29, 0.717) is 12.1 Å². The molecule has 2 aromatic carbocycles. The summed E-state index contributed by atoms with van der Waals surface area (Å²) in [5.41, 5.74) is -4.15. The Morgan fingerprint density at radius 3 is 2.20 bits per heavy atom. The van der Waals surface area contributed by atoms with E-state index in [4.69, 9.17) is 0 Å². The lowest BCUT2D eigenvalue weighted by Gasteiger charge is -2.15. The molecule has 0 atom stereocenters. The number of alkyl halides is 6. The molecule has 9 heteroatoms. The Bertz CT molecular complexity index is 1000. The maximum atomic E-state index is 13.2. The minimum atomic E-state index is -5.05. The first-order chi connectivity index (χ1) is 11.6. The molecule has 0 bridgehead atoms. The van der Waals surface area contributed by atoms with Crippen LogP contribution in [0.15, 0.2) is 47.3 Å². The second-order valence-corrected chi connectivity index (χ2v) is 5.19. The van der Waals surface area contributed by atoms with Gasteiger partial charge in [-0.2, -0.15) is 26.3 Å². The molecular weight excluding hydrogens is 350 g/mol. The molecule has 130 valence electrons. The molecular formula is C16H8F6N2O. The van der Waals surface area contributed by atoms with Crippen LogP contribution >= 0.6 is 0 Å². The highest BCUT2D eigenvalue weighted by atomic mass is 19.4. The number of nitrogens with one attached hydrogen (secondary N) is 1. The van der Waals surface area contributed by atoms with Gasteiger partial charge < -0.3 is 4.98 Å². The summed E-state index contributed by atoms with van der Waals surface area (Å²) in [5.74, 6) is -0.454. The van der Waals surface area contributed by atoms with Crippen molar-refractivity contribution in [3.8, 4) is 11.4 Å². The smallest absolute Gasteiger partial charge is 0.306 e. The van der Waals surface area contributed by atoms with Crippen LogP contribution in [-0.4, -0.2) is 9.97 Å². The predicted molar refractivity (Wildman–Crippen MR) is 77.8 cm³/mol. The average Bonchev–Trinajstić information content (AvgIpc) is 2.52. The summed E-state index contributed by atoms with van der Waals surface area (Å²) in [6.07, 6.45) is -9.98. The third-order valence-corrected chi connectivity index (χ3v) is 3.52. The van der Waals surface area contributed by atoms with Gasteiger partial charge in [0, 0.05) is 5.56 Å². The lowest BCUT2D eigenvalue weighted by Crippen LogP contribution is -2.15. The van der Waals surface area contributed by atoms with Gasteiger partial charge in [-0.3, -0.25) is 4.79 Å². The number of H-pyrrole nitrogens is 1. The van der Waals surface area contributed by atoms with E-state index >= 15 is 0 Å². The highest BCUT2D eigenvalue weighted by Crippen LogP contribution is 2.40. The van der Waals surface area contributed by atoms with Crippen LogP contribution < -0.4 is 5.56 Å². The second-order valence-electron chi connectivity index (χ2n) is 5.19. The van der Waals surface area contributed by atoms with Crippen molar-refractivity contribution >= 4 is 10.9 Å². The van der Waals surface area contributed by atoms with Gasteiger partial charge in [-0.1, -0.05) is 18.2 Å². The first-order valence-electron chi connectivity index (χ1n) is 6.85. The number of benzene rings is 2. The van der Waals surface area contributed by atoms with E-state index in [1.165, 1.54) is 18.2 Å². The van der Waals surface area contributed by atoms with Crippen LogP contribution in [-0.2, 0) is 12.4 Å². The molecule has 25 heavy (non-hydrogen) atoms. The zero-order chi connectivity index (χ0) is 18.4. The van der Waals surface area contributed by atoms with E-state index in [0.717, 1.165) is 0 Å². The van der Waals surface area contributed by atoms with Gasteiger partial charge in [0.15, 0.2) is 0 Å². The van der Waals surface area contributed by atoms with E-state index in [1.807, 2.05) is 0 Å². The molecule has 3 aromatic rings. The van der Waals surface area contributed by atoms with Crippen molar-refractivity contribution in [3.05, 3.63) is 63.9 Å². The molecule has 0 amide bonds. The highest BCUT2D eigenvalue weighted by molar-refractivity contribution is 5.79. The molecule has 0 saturated heterocycles. The fourth-order valence-electron chi connectivity index (χ4n) is 2.38. The Morgan fingerprint density at radius 2 is 1.56 bits per heavy atom. The van der Waals surface area contributed by atoms with E-state index in [9.17, 15) is 31.1 Å². The number of rotatable bonds is 1. The Morgan fingerprint density at radius 1 is 0.880 bits per heavy atom. The number of hydrogen-bond donors (Lipinski definition) is 1. The number of fused-ring (bicyclic) bond motifs is 1. The van der Waals surface area contributed by atoms with Gasteiger partial charge in [0.1, 0.15) is 5.82 Å². The fraction of sp³-hybridized carbons (Fsp3) is 0.125. The molecule has 0 aliphatic carbocycles. The molecule has 1 aromatic heterocycles. The Balaban J connectivity index is 2.29. The van der Waals surface area contributed by atoms with Crippen molar-refractivity contribution in [1.29, 1.82) is 0 Å². The van der Waals surface area contributed by atoms with Crippen LogP contribution in [0.4, 0.5) is 26.3 Å². The summed E-state index contributed by atoms with van der Waals surface area (Å²) in [6, 6.07) is 7.12. The number of nitrogens with zero attached hydrogens (tertiary/aromatic N) is 1. The molecule has 0 radical (unpaired) electrons. The summed E-state index contributed by atoms with van der Waals surface area (Å²) in [7, 11) is 0. The third-order valence-electron chi connectivity index (χ3n) is 3.52. The van der Waals surface area contributed by atoms with Crippen molar-refractivity contribution in [2.24, 2.45) is 0 Å². The summed E-state index contributed by atoms with van der Waals surface area (Å²) < 4.78 is 77.9. The number of para-hydroxylation sites is 1. The summed E-state index contributed by atoms with van der Waals surface area (Å²) >= 11 is 0. The maximum absolute atomic E-state index is 13.2. The highest BCUT2D eigenvalue weighted by Gasteiger charge is 2.38. The molecule has 0 saturated carbocycles. The first-order valence-corrected chi connectivity index (χ1v) is 6.85. The van der Waals surface area contributed by atoms with Gasteiger partial charge in [0.2, 0.25) is 0 Å². The normalized spacial score (nSPS) is 12.6. The standard InChI is InChI=1S/C16H8F6N2O/c17-15(18,19)8-5-6-9(11(7-8)16(20,21)22)13-23-12-4-2-1-3-10(12)14(25)24-13/h1-7H,(H,23,24,25). The number of aromatic amines is 1. The topological polar surface area (TPSA) is 45.8 Å². The van der Waals surface area contributed by atoms with Crippen LogP contribution in [0, 0.1) is 0 Å². The molecule has 3 nitrogen and oxygen atoms in total. The minimum absolute atomic E-state index is 0.00448. The molecule has 0 aliphatic heterocycles. The first kappa shape index (κ1) is 17.0. The average molecular weight is 358 g/mol. The molecule has 0 fully saturated rings. The molecule has 0 spiro atoms. The Hall–Kier alpha value is -2.84. The van der Waals surface area contributed by atoms with Gasteiger partial charge in [0.25, 0.3) is 5.56 Å². The summed E-state index contributed by atoms with van der Waals surface area (Å²) in [6.45, 7) is 0. The molecule has 0 unspecified atom stereocenters. The van der Waals surface area contributed by atoms with Crippen LogP contribution in [0.5, 0.6) is 0 Å². The van der Waals surface area contributed by atoms with E-state index < -0.39 is 40.4 Å². The zero-order valence-electron chi connectivity index (χ0n) is 12.2. The summed E-state index contributed by atoms with van der Waals surface area (Å²) in [4.78, 5) is 18.1. The fourth-order valence-corrected chi connectivity index (χ4v) is 2.38. The summed E-state index contributed by atoms with van der Waals surface area (Å²) in [5, 5.41) is 0.159. The maximum Gasteiger partial charge on any atom is 0.417 e. The second kappa shape index (κ2) is 5.61. The number of halogens is 6. The Kier molecular flexibility index (Phi) is 3.81. The lowest BCUT2D eigenvalue weighted by molar-refractivity contribution is -0.142. The third kappa shape index (κ3) is 3.21. The van der Waals surface area contributed by atoms with Crippen LogP contribution in [0.3, 0.4) is 0 Å². The van der Waals surface area contributed by atoms with E-state index in [1.54, 1.807) is 6.07 Å². The zero-order valence-corrected chi connectivity index (χ0v) is 12.2. The van der Waals surface area contributed by atoms with Crippen molar-refractivity contribution in [1.82, 2.24) is 9.97 Å². The van der Waals surface area contributed by atoms with Crippen LogP contribution in [0.25, 0.3) is 22.3 Å². The molecule has 1 heterocycles. The van der Waals surface area contributed by atoms with Gasteiger partial charge in [-0.25, -0.2) is 4.98 Å². The number of hydrogen-bond acceptors (Lipinski definition) is 2. The minimum Gasteiger partial charge on any atom is -0.306 e. The van der Waals surface area contributed by atoms with E-state index in [2.05, 4.69) is 9.97 Å². The molecule has 1 N–H and O–H groups in total. The Labute approximate surface area is 135 Å². The number of aromatic nitrogens is 2. The van der Waals surface area contributed by atoms with Crippen LogP contribution in [0.1, 0.15) is 11.1 Å². The van der Waals surface area contributed by atoms with Crippen molar-refractivity contribution in [2.45, 2.75) is 12.4 Å². The predicted octanol–water partition coefficient (Wildman–Crippen LogP) is 4.63. The van der Waals surface area contributed by atoms with E-state index in [-0.39, 0.29) is 17.0 Å². The van der Waals surface area contributed by atoms with Crippen molar-refractivity contribution < 1.29 is 26.3 Å². The van der Waals surface area contributed by atoms with Gasteiger partial charge in [-0.05, 0) is 24.3 Å². The molecule has 3 rings (SSSR count). The van der Waals surface area contributed by atoms with Gasteiger partial charge >= 0.3 is 12.4 Å². The van der Waals surface area contributed by atoms with Crippen molar-refractivity contribution in [3.63, 3.8) is 0 Å². The monoisotopic (exact) mass is 358 g/mol. The SMILES string of the molecule is O=c1[nH]c(-c2ccc(C(F)(F)F)cc2C(F)(F)F)nc2ccccc12. The van der Waals surface area contributed by atoms with Gasteiger partial charge in [0.05, 0.1) is 22.0 Å². The quantitative estimate of drug-likeness (QED) is 0.645. The van der Waals surface area contributed by atoms with Crippen molar-refractivity contribution in [2.75, 3.05) is 0 Å². The largest absolute Gasteiger partial charge is 0.417 e. The molecule has 0 aliphatic rings. The lowest BCUT2D eigenvalue weighted by atomic mass is 10.0. The van der Waals surface area contributed by atoms with Crippen LogP contribution in [0.2, 0.25) is 0 Å².